The zero-order valence-corrected chi connectivity index (χ0v) is 13.4. The molecule has 24 heavy (non-hydrogen) atoms. The highest BCUT2D eigenvalue weighted by Crippen LogP contribution is 2.26. The van der Waals surface area contributed by atoms with Crippen LogP contribution in [-0.4, -0.2) is 17.9 Å². The Morgan fingerprint density at radius 2 is 1.79 bits per heavy atom. The number of halogens is 2. The first-order valence-electron chi connectivity index (χ1n) is 7.53. The predicted molar refractivity (Wildman–Crippen MR) is 89.6 cm³/mol. The number of nitrogens with one attached hydrogen (secondary N) is 1. The maximum absolute atomic E-state index is 13.5. The van der Waals surface area contributed by atoms with Gasteiger partial charge in [-0.1, -0.05) is 12.1 Å². The van der Waals surface area contributed by atoms with Gasteiger partial charge in [0.25, 0.3) is 0 Å². The number of likely N-dealkylation sites (N-methyl/N-ethyl adjacent to an activating group) is 1. The molecule has 2 aromatic carbocycles. The Balaban J connectivity index is 2.11. The molecule has 0 unspecified atom stereocenters. The van der Waals surface area contributed by atoms with Gasteiger partial charge in [-0.25, -0.2) is 13.8 Å². The molecule has 1 heterocycles. The third kappa shape index (κ3) is 3.25. The fourth-order valence-electron chi connectivity index (χ4n) is 2.68. The van der Waals surface area contributed by atoms with Crippen molar-refractivity contribution in [1.82, 2.24) is 10.3 Å². The number of hydrogen-bond acceptors (Lipinski definition) is 2. The lowest BCUT2D eigenvalue weighted by Gasteiger charge is -2.09. The first-order chi connectivity index (χ1) is 11.5. The number of carbonyl (C=O) groups excluding carboxylic acids is 1. The SMILES string of the molecule is CNC(=O)Cc1ccc2c(C)cc(-c3cc(F)cc(F)c3)nc2c1. The van der Waals surface area contributed by atoms with Crippen molar-refractivity contribution in [3.8, 4) is 11.3 Å². The van der Waals surface area contributed by atoms with Gasteiger partial charge in [-0.3, -0.25) is 4.79 Å². The normalized spacial score (nSPS) is 10.8. The molecular weight excluding hydrogens is 310 g/mol. The van der Waals surface area contributed by atoms with Crippen molar-refractivity contribution in [2.45, 2.75) is 13.3 Å². The minimum absolute atomic E-state index is 0.0885. The molecule has 1 amide bonds. The van der Waals surface area contributed by atoms with Crippen molar-refractivity contribution in [3.63, 3.8) is 0 Å². The Hall–Kier alpha value is -2.82. The second-order valence-electron chi connectivity index (χ2n) is 5.68. The van der Waals surface area contributed by atoms with Gasteiger partial charge in [-0.15, -0.1) is 0 Å². The number of aromatic nitrogens is 1. The van der Waals surface area contributed by atoms with Crippen LogP contribution < -0.4 is 5.32 Å². The average molecular weight is 326 g/mol. The molecule has 0 aliphatic heterocycles. The zero-order chi connectivity index (χ0) is 17.3. The van der Waals surface area contributed by atoms with Crippen LogP contribution in [0, 0.1) is 18.6 Å². The number of pyridine rings is 1. The molecule has 122 valence electrons. The monoisotopic (exact) mass is 326 g/mol. The van der Waals surface area contributed by atoms with E-state index in [0.29, 0.717) is 16.8 Å². The second kappa shape index (κ2) is 6.35. The van der Waals surface area contributed by atoms with Crippen molar-refractivity contribution in [3.05, 3.63) is 65.2 Å². The van der Waals surface area contributed by atoms with Gasteiger partial charge in [0.15, 0.2) is 0 Å². The molecule has 0 saturated carbocycles. The number of nitrogens with zero attached hydrogens (tertiary/aromatic N) is 1. The van der Waals surface area contributed by atoms with Gasteiger partial charge >= 0.3 is 0 Å². The molecular formula is C19H16F2N2O. The molecule has 1 aromatic heterocycles. The van der Waals surface area contributed by atoms with Crippen LogP contribution in [0.1, 0.15) is 11.1 Å². The van der Waals surface area contributed by atoms with E-state index in [1.165, 1.54) is 12.1 Å². The van der Waals surface area contributed by atoms with Gasteiger partial charge in [-0.2, -0.15) is 0 Å². The number of hydrogen-bond donors (Lipinski definition) is 1. The Kier molecular flexibility index (Phi) is 4.25. The van der Waals surface area contributed by atoms with E-state index in [1.54, 1.807) is 13.1 Å². The number of carbonyl (C=O) groups is 1. The molecule has 3 rings (SSSR count). The van der Waals surface area contributed by atoms with Crippen LogP contribution in [0.4, 0.5) is 8.78 Å². The zero-order valence-electron chi connectivity index (χ0n) is 13.4. The van der Waals surface area contributed by atoms with Gasteiger partial charge in [0, 0.05) is 24.1 Å². The first kappa shape index (κ1) is 16.1. The lowest BCUT2D eigenvalue weighted by atomic mass is 10.0. The molecule has 5 heteroatoms. The number of rotatable bonds is 3. The van der Waals surface area contributed by atoms with Crippen molar-refractivity contribution in [2.75, 3.05) is 7.05 Å². The largest absolute Gasteiger partial charge is 0.359 e. The van der Waals surface area contributed by atoms with Crippen molar-refractivity contribution in [1.29, 1.82) is 0 Å². The molecule has 3 nitrogen and oxygen atoms in total. The standard InChI is InChI=1S/C19H16F2N2O/c1-11-5-17(13-8-14(20)10-15(21)9-13)23-18-6-12(3-4-16(11)18)7-19(24)22-2/h3-6,8-10H,7H2,1-2H3,(H,22,24). The second-order valence-corrected chi connectivity index (χ2v) is 5.68. The van der Waals surface area contributed by atoms with Gasteiger partial charge < -0.3 is 5.32 Å². The van der Waals surface area contributed by atoms with E-state index >= 15 is 0 Å². The van der Waals surface area contributed by atoms with Crippen molar-refractivity contribution >= 4 is 16.8 Å². The van der Waals surface area contributed by atoms with Gasteiger partial charge in [0.05, 0.1) is 17.6 Å². The summed E-state index contributed by atoms with van der Waals surface area (Å²) >= 11 is 0. The molecule has 0 radical (unpaired) electrons. The van der Waals surface area contributed by atoms with Crippen molar-refractivity contribution < 1.29 is 13.6 Å². The highest BCUT2D eigenvalue weighted by atomic mass is 19.1. The van der Waals surface area contributed by atoms with Crippen LogP contribution >= 0.6 is 0 Å². The molecule has 0 atom stereocenters. The fourth-order valence-corrected chi connectivity index (χ4v) is 2.68. The Labute approximate surface area is 138 Å². The number of benzene rings is 2. The average Bonchev–Trinajstić information content (AvgIpc) is 2.53. The summed E-state index contributed by atoms with van der Waals surface area (Å²) in [5.41, 5.74) is 3.35. The van der Waals surface area contributed by atoms with Gasteiger partial charge in [-0.05, 0) is 42.3 Å². The van der Waals surface area contributed by atoms with Gasteiger partial charge in [0.1, 0.15) is 11.6 Å². The van der Waals surface area contributed by atoms with Crippen LogP contribution in [0.5, 0.6) is 0 Å². The minimum atomic E-state index is -0.641. The summed E-state index contributed by atoms with van der Waals surface area (Å²) in [6.07, 6.45) is 0.256. The molecule has 3 aromatic rings. The summed E-state index contributed by atoms with van der Waals surface area (Å²) in [6, 6.07) is 10.8. The molecule has 0 aliphatic rings. The summed E-state index contributed by atoms with van der Waals surface area (Å²) in [4.78, 5) is 16.0. The molecule has 1 N–H and O–H groups in total. The minimum Gasteiger partial charge on any atom is -0.359 e. The summed E-state index contributed by atoms with van der Waals surface area (Å²) < 4.78 is 26.9. The fraction of sp³-hybridized carbons (Fsp3) is 0.158. The summed E-state index contributed by atoms with van der Waals surface area (Å²) in [5, 5.41) is 3.52. The highest BCUT2D eigenvalue weighted by molar-refractivity contribution is 5.87. The van der Waals surface area contributed by atoms with Crippen LogP contribution in [0.3, 0.4) is 0 Å². The van der Waals surface area contributed by atoms with E-state index in [1.807, 2.05) is 25.1 Å². The Bertz CT molecular complexity index is 918. The van der Waals surface area contributed by atoms with Crippen LogP contribution in [0.2, 0.25) is 0 Å². The van der Waals surface area contributed by atoms with Crippen molar-refractivity contribution in [2.24, 2.45) is 0 Å². The smallest absolute Gasteiger partial charge is 0.224 e. The molecule has 0 bridgehead atoms. The number of aryl methyl sites for hydroxylation is 1. The third-order valence-corrected chi connectivity index (χ3v) is 3.88. The summed E-state index contributed by atoms with van der Waals surface area (Å²) in [6.45, 7) is 1.92. The van der Waals surface area contributed by atoms with E-state index in [2.05, 4.69) is 10.3 Å². The first-order valence-corrected chi connectivity index (χ1v) is 7.53. The quantitative estimate of drug-likeness (QED) is 0.796. The number of amides is 1. The molecule has 0 fully saturated rings. The molecule has 0 aliphatic carbocycles. The van der Waals surface area contributed by atoms with Crippen LogP contribution in [0.25, 0.3) is 22.2 Å². The maximum atomic E-state index is 13.5. The van der Waals surface area contributed by atoms with E-state index in [9.17, 15) is 13.6 Å². The van der Waals surface area contributed by atoms with Gasteiger partial charge in [0.2, 0.25) is 5.91 Å². The molecule has 0 saturated heterocycles. The van der Waals surface area contributed by atoms with E-state index in [-0.39, 0.29) is 12.3 Å². The van der Waals surface area contributed by atoms with Crippen LogP contribution in [0.15, 0.2) is 42.5 Å². The van der Waals surface area contributed by atoms with E-state index < -0.39 is 11.6 Å². The third-order valence-electron chi connectivity index (χ3n) is 3.88. The summed E-state index contributed by atoms with van der Waals surface area (Å²) in [5.74, 6) is -1.37. The Morgan fingerprint density at radius 1 is 1.08 bits per heavy atom. The van der Waals surface area contributed by atoms with Crippen LogP contribution in [-0.2, 0) is 11.2 Å². The molecule has 0 spiro atoms. The lowest BCUT2D eigenvalue weighted by Crippen LogP contribution is -2.19. The summed E-state index contributed by atoms with van der Waals surface area (Å²) in [7, 11) is 1.59. The number of fused-ring (bicyclic) bond motifs is 1. The lowest BCUT2D eigenvalue weighted by molar-refractivity contribution is -0.119. The highest BCUT2D eigenvalue weighted by Gasteiger charge is 2.09. The predicted octanol–water partition coefficient (Wildman–Crippen LogP) is 3.78. The van der Waals surface area contributed by atoms with E-state index in [0.717, 1.165) is 22.6 Å². The topological polar surface area (TPSA) is 42.0 Å². The van der Waals surface area contributed by atoms with E-state index in [4.69, 9.17) is 0 Å². The maximum Gasteiger partial charge on any atom is 0.224 e. The Morgan fingerprint density at radius 3 is 2.46 bits per heavy atom.